The molecule has 5 nitrogen and oxygen atoms in total. The average Bonchev–Trinajstić information content (AvgIpc) is 3.28. The van der Waals surface area contributed by atoms with Crippen LogP contribution in [0, 0.1) is 5.82 Å². The third kappa shape index (κ3) is 3.91. The van der Waals surface area contributed by atoms with E-state index in [4.69, 9.17) is 12.2 Å². The molecule has 2 amide bonds. The number of thioether (sulfide) groups is 1. The van der Waals surface area contributed by atoms with Gasteiger partial charge in [0, 0.05) is 12.3 Å². The lowest BCUT2D eigenvalue weighted by Crippen LogP contribution is -2.27. The van der Waals surface area contributed by atoms with Crippen molar-refractivity contribution in [1.82, 2.24) is 4.98 Å². The molecule has 2 heterocycles. The molecule has 150 valence electrons. The van der Waals surface area contributed by atoms with Crippen LogP contribution in [-0.4, -0.2) is 21.1 Å². The van der Waals surface area contributed by atoms with Crippen molar-refractivity contribution in [3.63, 3.8) is 0 Å². The number of anilines is 3. The molecule has 4 rings (SSSR count). The van der Waals surface area contributed by atoms with Gasteiger partial charge in [-0.25, -0.2) is 9.37 Å². The van der Waals surface area contributed by atoms with E-state index in [-0.39, 0.29) is 17.5 Å². The normalized spacial score (nSPS) is 15.1. The molecule has 0 unspecified atom stereocenters. The Balaban J connectivity index is 1.64. The fourth-order valence-corrected chi connectivity index (χ4v) is 5.01. The lowest BCUT2D eigenvalue weighted by atomic mass is 10.3. The van der Waals surface area contributed by atoms with Crippen LogP contribution in [0.25, 0.3) is 6.08 Å². The Morgan fingerprint density at radius 1 is 1.17 bits per heavy atom. The quantitative estimate of drug-likeness (QED) is 0.391. The minimum Gasteiger partial charge on any atom is -0.274 e. The Labute approximate surface area is 185 Å². The predicted octanol–water partition coefficient (Wildman–Crippen LogP) is 5.37. The monoisotopic (exact) mass is 455 g/mol. The van der Waals surface area contributed by atoms with E-state index in [1.807, 2.05) is 30.3 Å². The van der Waals surface area contributed by atoms with Gasteiger partial charge in [-0.2, -0.15) is 0 Å². The summed E-state index contributed by atoms with van der Waals surface area (Å²) in [6.45, 7) is 1.35. The molecule has 0 radical (unpaired) electrons. The number of hydrogen-bond acceptors (Lipinski definition) is 6. The third-order valence-corrected chi connectivity index (χ3v) is 6.34. The number of hydrogen-bond donors (Lipinski definition) is 0. The van der Waals surface area contributed by atoms with Gasteiger partial charge >= 0.3 is 0 Å². The van der Waals surface area contributed by atoms with Crippen LogP contribution in [0.2, 0.25) is 0 Å². The van der Waals surface area contributed by atoms with Crippen LogP contribution in [0.1, 0.15) is 12.6 Å². The first-order valence-corrected chi connectivity index (χ1v) is 10.9. The van der Waals surface area contributed by atoms with E-state index in [2.05, 4.69) is 4.98 Å². The molecule has 1 saturated heterocycles. The summed E-state index contributed by atoms with van der Waals surface area (Å²) in [7, 11) is 0. The number of para-hydroxylation sites is 2. The zero-order valence-electron chi connectivity index (χ0n) is 15.6. The van der Waals surface area contributed by atoms with Crippen LogP contribution < -0.4 is 9.80 Å². The van der Waals surface area contributed by atoms with Gasteiger partial charge in [0.1, 0.15) is 5.82 Å². The van der Waals surface area contributed by atoms with Crippen LogP contribution in [-0.2, 0) is 9.59 Å². The number of nitrogens with zero attached hydrogens (tertiary/aromatic N) is 3. The molecule has 1 aliphatic heterocycles. The smallest absolute Gasteiger partial charge is 0.270 e. The molecule has 0 spiro atoms. The van der Waals surface area contributed by atoms with Crippen LogP contribution in [0.15, 0.2) is 64.9 Å². The SMILES string of the molecule is CC(=O)N(c1nc(/C=C2\SC(=S)N(c3ccccc3)C2=O)cs1)c1ccccc1F. The van der Waals surface area contributed by atoms with Crippen molar-refractivity contribution >= 4 is 74.0 Å². The minimum absolute atomic E-state index is 0.126. The Hall–Kier alpha value is -2.88. The summed E-state index contributed by atoms with van der Waals surface area (Å²) in [5.41, 5.74) is 1.32. The Morgan fingerprint density at radius 2 is 1.87 bits per heavy atom. The summed E-state index contributed by atoms with van der Waals surface area (Å²) in [5, 5.41) is 2.03. The van der Waals surface area contributed by atoms with Crippen LogP contribution in [0.4, 0.5) is 20.9 Å². The number of benzene rings is 2. The summed E-state index contributed by atoms with van der Waals surface area (Å²) in [6.07, 6.45) is 1.63. The van der Waals surface area contributed by atoms with Crippen LogP contribution in [0.5, 0.6) is 0 Å². The van der Waals surface area contributed by atoms with Gasteiger partial charge in [-0.3, -0.25) is 19.4 Å². The molecular weight excluding hydrogens is 441 g/mol. The molecule has 30 heavy (non-hydrogen) atoms. The van der Waals surface area contributed by atoms with Crippen LogP contribution in [0.3, 0.4) is 0 Å². The van der Waals surface area contributed by atoms with E-state index in [1.165, 1.54) is 52.0 Å². The molecule has 0 bridgehead atoms. The van der Waals surface area contributed by atoms with Gasteiger partial charge < -0.3 is 0 Å². The second-order valence-corrected chi connectivity index (χ2v) is 8.73. The molecule has 0 aliphatic carbocycles. The molecule has 3 aromatic rings. The highest BCUT2D eigenvalue weighted by molar-refractivity contribution is 8.27. The van der Waals surface area contributed by atoms with Crippen molar-refractivity contribution in [1.29, 1.82) is 0 Å². The molecular formula is C21H14FN3O2S3. The van der Waals surface area contributed by atoms with Gasteiger partial charge in [0.2, 0.25) is 5.91 Å². The number of halogens is 1. The van der Waals surface area contributed by atoms with Gasteiger partial charge in [-0.05, 0) is 30.3 Å². The number of aromatic nitrogens is 1. The number of amides is 2. The van der Waals surface area contributed by atoms with Crippen molar-refractivity contribution in [2.75, 3.05) is 9.80 Å². The van der Waals surface area contributed by atoms with Crippen molar-refractivity contribution < 1.29 is 14.0 Å². The first-order chi connectivity index (χ1) is 14.5. The molecule has 1 aliphatic rings. The van der Waals surface area contributed by atoms with Crippen molar-refractivity contribution in [3.05, 3.63) is 76.4 Å². The first-order valence-electron chi connectivity index (χ1n) is 8.79. The Morgan fingerprint density at radius 3 is 2.57 bits per heavy atom. The second kappa shape index (κ2) is 8.47. The number of rotatable bonds is 4. The second-order valence-electron chi connectivity index (χ2n) is 6.21. The molecule has 2 aromatic carbocycles. The topological polar surface area (TPSA) is 53.5 Å². The highest BCUT2D eigenvalue weighted by atomic mass is 32.2. The fraction of sp³-hybridized carbons (Fsp3) is 0.0476. The van der Waals surface area contributed by atoms with Crippen LogP contribution >= 0.6 is 35.3 Å². The van der Waals surface area contributed by atoms with Gasteiger partial charge in [0.05, 0.1) is 22.0 Å². The minimum atomic E-state index is -0.520. The molecule has 0 saturated carbocycles. The average molecular weight is 456 g/mol. The van der Waals surface area contributed by atoms with Gasteiger partial charge in [-0.15, -0.1) is 11.3 Å². The predicted molar refractivity (Wildman–Crippen MR) is 123 cm³/mol. The molecule has 0 N–H and O–H groups in total. The number of thiazole rings is 1. The molecule has 0 atom stereocenters. The van der Waals surface area contributed by atoms with E-state index >= 15 is 0 Å². The highest BCUT2D eigenvalue weighted by Gasteiger charge is 2.33. The van der Waals surface area contributed by atoms with Gasteiger partial charge in [-0.1, -0.05) is 54.3 Å². The Kier molecular flexibility index (Phi) is 5.76. The summed E-state index contributed by atoms with van der Waals surface area (Å²) in [5.74, 6) is -1.12. The summed E-state index contributed by atoms with van der Waals surface area (Å²) >= 11 is 7.74. The van der Waals surface area contributed by atoms with E-state index in [0.29, 0.717) is 25.7 Å². The van der Waals surface area contributed by atoms with E-state index in [0.717, 1.165) is 0 Å². The lowest BCUT2D eigenvalue weighted by Gasteiger charge is -2.18. The summed E-state index contributed by atoms with van der Waals surface area (Å²) in [6, 6.07) is 15.2. The van der Waals surface area contributed by atoms with E-state index < -0.39 is 5.82 Å². The summed E-state index contributed by atoms with van der Waals surface area (Å²) in [4.78, 5) is 32.6. The maximum atomic E-state index is 14.2. The lowest BCUT2D eigenvalue weighted by molar-refractivity contribution is -0.116. The fourth-order valence-electron chi connectivity index (χ4n) is 2.89. The zero-order chi connectivity index (χ0) is 21.3. The maximum Gasteiger partial charge on any atom is 0.270 e. The zero-order valence-corrected chi connectivity index (χ0v) is 18.1. The number of carbonyl (C=O) groups is 2. The number of carbonyl (C=O) groups excluding carboxylic acids is 2. The molecule has 1 aromatic heterocycles. The van der Waals surface area contributed by atoms with Gasteiger partial charge in [0.25, 0.3) is 5.91 Å². The third-order valence-electron chi connectivity index (χ3n) is 4.20. The molecule has 9 heteroatoms. The number of thiocarbonyl (C=S) groups is 1. The molecule has 1 fully saturated rings. The van der Waals surface area contributed by atoms with Gasteiger partial charge in [0.15, 0.2) is 9.45 Å². The van der Waals surface area contributed by atoms with Crippen molar-refractivity contribution in [2.45, 2.75) is 6.92 Å². The maximum absolute atomic E-state index is 14.2. The highest BCUT2D eigenvalue weighted by Crippen LogP contribution is 2.37. The largest absolute Gasteiger partial charge is 0.274 e. The van der Waals surface area contributed by atoms with E-state index in [9.17, 15) is 14.0 Å². The van der Waals surface area contributed by atoms with Crippen molar-refractivity contribution in [3.8, 4) is 0 Å². The Bertz CT molecular complexity index is 1180. The standard InChI is InChI=1S/C21H14FN3O2S3/c1-13(26)24(17-10-6-5-9-16(17)22)20-23-14(12-29-20)11-18-19(27)25(21(28)30-18)15-7-3-2-4-8-15/h2-12H,1H3/b18-11-. The van der Waals surface area contributed by atoms with E-state index in [1.54, 1.807) is 23.6 Å². The van der Waals surface area contributed by atoms with Crippen molar-refractivity contribution in [2.24, 2.45) is 0 Å². The summed E-state index contributed by atoms with van der Waals surface area (Å²) < 4.78 is 14.7. The first kappa shape index (κ1) is 20.4.